The van der Waals surface area contributed by atoms with E-state index < -0.39 is 11.7 Å². The predicted octanol–water partition coefficient (Wildman–Crippen LogP) is 7.57. The second-order valence-electron chi connectivity index (χ2n) is 13.7. The fourth-order valence-electron chi connectivity index (χ4n) is 7.52. The fourth-order valence-corrected chi connectivity index (χ4v) is 7.86. The van der Waals surface area contributed by atoms with Crippen molar-refractivity contribution in [3.8, 4) is 17.1 Å². The van der Waals surface area contributed by atoms with E-state index in [1.807, 2.05) is 37.5 Å². The molecule has 1 N–H and O–H groups in total. The topological polar surface area (TPSA) is 86.9 Å². The van der Waals surface area contributed by atoms with Crippen LogP contribution in [0.3, 0.4) is 0 Å². The van der Waals surface area contributed by atoms with Crippen molar-refractivity contribution in [3.05, 3.63) is 52.1 Å². The first-order valence-corrected chi connectivity index (χ1v) is 16.2. The number of rotatable bonds is 7. The second-order valence-corrected chi connectivity index (χ2v) is 14.6. The number of aromatic nitrogens is 3. The Labute approximate surface area is 260 Å². The molecule has 0 saturated heterocycles. The fraction of sp³-hybridized carbons (Fsp3) is 0.500. The number of fused-ring (bicyclic) bond motifs is 4. The van der Waals surface area contributed by atoms with Crippen molar-refractivity contribution in [1.29, 1.82) is 0 Å². The van der Waals surface area contributed by atoms with Gasteiger partial charge in [-0.2, -0.15) is 5.10 Å². The number of ether oxygens (including phenoxy) is 2. The van der Waals surface area contributed by atoms with Gasteiger partial charge < -0.3 is 19.4 Å². The van der Waals surface area contributed by atoms with Crippen molar-refractivity contribution in [2.75, 3.05) is 7.11 Å². The zero-order valence-electron chi connectivity index (χ0n) is 25.4. The first-order valence-electron chi connectivity index (χ1n) is 15.4. The van der Waals surface area contributed by atoms with Crippen molar-refractivity contribution in [3.63, 3.8) is 0 Å². The average Bonchev–Trinajstić information content (AvgIpc) is 3.31. The van der Waals surface area contributed by atoms with Crippen LogP contribution in [-0.4, -0.2) is 44.8 Å². The molecule has 4 aromatic rings. The number of methoxy groups -OCH3 is 1. The van der Waals surface area contributed by atoms with Crippen molar-refractivity contribution < 1.29 is 19.1 Å². The number of amides is 1. The van der Waals surface area contributed by atoms with E-state index in [2.05, 4.69) is 57.0 Å². The van der Waals surface area contributed by atoms with Gasteiger partial charge in [0.25, 0.3) is 0 Å². The Bertz CT molecular complexity index is 1760. The molecule has 7 rings (SSSR count). The highest BCUT2D eigenvalue weighted by Crippen LogP contribution is 2.50. The van der Waals surface area contributed by atoms with Crippen LogP contribution >= 0.6 is 15.9 Å². The summed E-state index contributed by atoms with van der Waals surface area (Å²) in [6, 6.07) is 10.5. The van der Waals surface area contributed by atoms with Crippen LogP contribution in [0.1, 0.15) is 68.8 Å². The highest BCUT2D eigenvalue weighted by Gasteiger charge is 2.51. The molecule has 1 amide bonds. The maximum atomic E-state index is 14.1. The monoisotopic (exact) mass is 646 g/mol. The molecule has 3 aliphatic rings. The van der Waals surface area contributed by atoms with E-state index >= 15 is 0 Å². The number of hydrogen-bond acceptors (Lipinski definition) is 5. The van der Waals surface area contributed by atoms with Gasteiger partial charge in [0.05, 0.1) is 12.8 Å². The number of aryl methyl sites for hydroxylation is 1. The van der Waals surface area contributed by atoms with Crippen LogP contribution in [0.4, 0.5) is 4.79 Å². The number of hydrogen-bond donors (Lipinski definition) is 1. The smallest absolute Gasteiger partial charge is 0.407 e. The molecule has 0 spiro atoms. The first-order chi connectivity index (χ1) is 20.5. The maximum absolute atomic E-state index is 14.1. The molecule has 1 aromatic carbocycles. The lowest BCUT2D eigenvalue weighted by Crippen LogP contribution is -2.42. The number of pyridine rings is 1. The summed E-state index contributed by atoms with van der Waals surface area (Å²) < 4.78 is 16.7. The van der Waals surface area contributed by atoms with Crippen LogP contribution in [-0.2, 0) is 11.3 Å². The summed E-state index contributed by atoms with van der Waals surface area (Å²) in [7, 11) is 1.65. The van der Waals surface area contributed by atoms with Gasteiger partial charge in [-0.3, -0.25) is 4.79 Å². The molecule has 9 heteroatoms. The summed E-state index contributed by atoms with van der Waals surface area (Å²) in [4.78, 5) is 26.6. The van der Waals surface area contributed by atoms with Crippen molar-refractivity contribution in [1.82, 2.24) is 19.5 Å². The molecule has 3 fully saturated rings. The van der Waals surface area contributed by atoms with Crippen LogP contribution < -0.4 is 10.1 Å². The van der Waals surface area contributed by atoms with Crippen molar-refractivity contribution in [2.24, 2.45) is 23.7 Å². The minimum atomic E-state index is -0.563. The third-order valence-electron chi connectivity index (χ3n) is 9.61. The molecule has 4 atom stereocenters. The van der Waals surface area contributed by atoms with Gasteiger partial charge in [0.15, 0.2) is 5.78 Å². The number of halogens is 1. The van der Waals surface area contributed by atoms with Gasteiger partial charge in [-0.15, -0.1) is 0 Å². The molecule has 8 nitrogen and oxygen atoms in total. The van der Waals surface area contributed by atoms with E-state index in [0.29, 0.717) is 17.2 Å². The molecular formula is C34H39BrN4O4. The van der Waals surface area contributed by atoms with Gasteiger partial charge in [-0.1, -0.05) is 22.0 Å². The van der Waals surface area contributed by atoms with Crippen LogP contribution in [0.5, 0.6) is 5.75 Å². The summed E-state index contributed by atoms with van der Waals surface area (Å²) >= 11 is 3.66. The SMILES string of the molecule is COc1cc(C(=O)C2CC3CCC2[C@@H]3NC(=O)OC(C)(C)C)cn2nc(-c3cc4ccc(Br)cc4n3CC3CC3)c(C)c12. The largest absolute Gasteiger partial charge is 0.494 e. The average molecular weight is 648 g/mol. The zero-order valence-corrected chi connectivity index (χ0v) is 27.0. The van der Waals surface area contributed by atoms with E-state index in [0.717, 1.165) is 52.7 Å². The molecule has 0 radical (unpaired) electrons. The summed E-state index contributed by atoms with van der Waals surface area (Å²) in [5.74, 6) is 1.64. The number of benzene rings is 1. The van der Waals surface area contributed by atoms with Crippen molar-refractivity contribution in [2.45, 2.75) is 78.0 Å². The Kier molecular flexibility index (Phi) is 6.87. The molecule has 3 aliphatic carbocycles. The van der Waals surface area contributed by atoms with E-state index in [4.69, 9.17) is 14.6 Å². The van der Waals surface area contributed by atoms with Crippen LogP contribution in [0, 0.1) is 30.6 Å². The van der Waals surface area contributed by atoms with Crippen molar-refractivity contribution >= 4 is 44.2 Å². The Hall–Kier alpha value is -3.33. The normalized spacial score (nSPS) is 23.3. The molecule has 3 unspecified atom stereocenters. The standard InChI is InChI=1S/C34H39BrN4O4/c1-18-29(27-13-20-8-10-23(35)15-26(20)38(27)16-19-6-7-19)37-39-17-22(14-28(42-5)31(18)39)32(40)25-12-21-9-11-24(25)30(21)36-33(41)43-34(2,3)4/h8,10,13-15,17,19,21,24-25,30H,6-7,9,11-12,16H2,1-5H3,(H,36,41)/t21?,24?,25?,30-/m1/s1. The van der Waals surface area contributed by atoms with Gasteiger partial charge in [0.1, 0.15) is 22.6 Å². The van der Waals surface area contributed by atoms with Crippen LogP contribution in [0.25, 0.3) is 27.8 Å². The van der Waals surface area contributed by atoms with E-state index in [1.54, 1.807) is 7.11 Å². The molecule has 3 saturated carbocycles. The number of carbonyl (C=O) groups excluding carboxylic acids is 2. The first kappa shape index (κ1) is 28.4. The van der Waals surface area contributed by atoms with Crippen LogP contribution in [0.2, 0.25) is 0 Å². The minimum absolute atomic E-state index is 0.0404. The molecular weight excluding hydrogens is 608 g/mol. The quantitative estimate of drug-likeness (QED) is 0.209. The lowest BCUT2D eigenvalue weighted by atomic mass is 9.83. The van der Waals surface area contributed by atoms with E-state index in [-0.39, 0.29) is 29.6 Å². The summed E-state index contributed by atoms with van der Waals surface area (Å²) in [6.45, 7) is 8.63. The number of ketones is 1. The number of carbonyl (C=O) groups is 2. The van der Waals surface area contributed by atoms with Gasteiger partial charge in [-0.25, -0.2) is 9.31 Å². The molecule has 43 heavy (non-hydrogen) atoms. The third kappa shape index (κ3) is 5.13. The van der Waals surface area contributed by atoms with E-state index in [1.165, 1.54) is 23.7 Å². The minimum Gasteiger partial charge on any atom is -0.494 e. The van der Waals surface area contributed by atoms with Gasteiger partial charge >= 0.3 is 6.09 Å². The highest BCUT2D eigenvalue weighted by atomic mass is 79.9. The number of nitrogens with zero attached hydrogens (tertiary/aromatic N) is 3. The molecule has 2 bridgehead atoms. The lowest BCUT2D eigenvalue weighted by molar-refractivity contribution is 0.0486. The molecule has 3 heterocycles. The lowest BCUT2D eigenvalue weighted by Gasteiger charge is -2.24. The third-order valence-corrected chi connectivity index (χ3v) is 10.1. The summed E-state index contributed by atoms with van der Waals surface area (Å²) in [6.07, 6.45) is 6.68. The summed E-state index contributed by atoms with van der Waals surface area (Å²) in [5.41, 5.74) is 5.10. The Balaban J connectivity index is 1.23. The maximum Gasteiger partial charge on any atom is 0.407 e. The Morgan fingerprint density at radius 2 is 1.91 bits per heavy atom. The highest BCUT2D eigenvalue weighted by molar-refractivity contribution is 9.10. The van der Waals surface area contributed by atoms with E-state index in [9.17, 15) is 9.59 Å². The zero-order chi connectivity index (χ0) is 30.2. The van der Waals surface area contributed by atoms with Gasteiger partial charge in [0, 0.05) is 51.2 Å². The predicted molar refractivity (Wildman–Crippen MR) is 170 cm³/mol. The van der Waals surface area contributed by atoms with Crippen LogP contribution in [0.15, 0.2) is 41.0 Å². The number of nitrogens with one attached hydrogen (secondary N) is 1. The number of Topliss-reactive ketones (excluding diaryl/α,β-unsaturated/α-hetero) is 1. The molecule has 0 aliphatic heterocycles. The number of alkyl carbamates (subject to hydrolysis) is 1. The Morgan fingerprint density at radius 1 is 1.12 bits per heavy atom. The van der Waals surface area contributed by atoms with Gasteiger partial charge in [-0.05, 0) is 102 Å². The molecule has 3 aromatic heterocycles. The van der Waals surface area contributed by atoms with Gasteiger partial charge in [0.2, 0.25) is 0 Å². The summed E-state index contributed by atoms with van der Waals surface area (Å²) in [5, 5.41) is 9.36. The Morgan fingerprint density at radius 3 is 2.63 bits per heavy atom. The molecule has 226 valence electrons. The second kappa shape index (κ2) is 10.4.